The van der Waals surface area contributed by atoms with Gasteiger partial charge in [0.15, 0.2) is 0 Å². The second-order valence-electron chi connectivity index (χ2n) is 4.74. The predicted molar refractivity (Wildman–Crippen MR) is 71.8 cm³/mol. The van der Waals surface area contributed by atoms with Crippen LogP contribution in [0.4, 0.5) is 0 Å². The fourth-order valence-corrected chi connectivity index (χ4v) is 2.21. The van der Waals surface area contributed by atoms with Gasteiger partial charge >= 0.3 is 5.97 Å². The van der Waals surface area contributed by atoms with E-state index in [1.165, 1.54) is 12.8 Å². The molecule has 3 heteroatoms. The molecule has 0 heterocycles. The van der Waals surface area contributed by atoms with Crippen molar-refractivity contribution in [1.82, 2.24) is 0 Å². The van der Waals surface area contributed by atoms with Gasteiger partial charge in [0, 0.05) is 5.57 Å². The Bertz CT molecular complexity index is 243. The molecular weight excluding hydrogens is 214 g/mol. The van der Waals surface area contributed by atoms with Crippen LogP contribution < -0.4 is 0 Å². The van der Waals surface area contributed by atoms with Crippen molar-refractivity contribution in [2.45, 2.75) is 40.5 Å². The Kier molecular flexibility index (Phi) is 7.88. The Morgan fingerprint density at radius 3 is 2.00 bits per heavy atom. The van der Waals surface area contributed by atoms with Crippen LogP contribution in [0.3, 0.4) is 0 Å². The molecule has 0 bridgehead atoms. The minimum Gasteiger partial charge on any atom is -0.456 e. The van der Waals surface area contributed by atoms with Gasteiger partial charge in [-0.05, 0) is 26.7 Å². The second-order valence-corrected chi connectivity index (χ2v) is 4.74. The number of carbonyl (C=O) groups is 1. The van der Waals surface area contributed by atoms with Crippen LogP contribution in [0, 0.1) is 0 Å². The van der Waals surface area contributed by atoms with Gasteiger partial charge in [-0.25, -0.2) is 4.79 Å². The molecule has 0 saturated heterocycles. The highest BCUT2D eigenvalue weighted by molar-refractivity contribution is 5.86. The maximum absolute atomic E-state index is 11.3. The normalized spacial score (nSPS) is 11.3. The predicted octanol–water partition coefficient (Wildman–Crippen LogP) is 2.76. The molecule has 0 aromatic carbocycles. The molecule has 0 radical (unpaired) electrons. The average Bonchev–Trinajstić information content (AvgIpc) is 2.29. The number of hydrogen-bond acceptors (Lipinski definition) is 2. The van der Waals surface area contributed by atoms with E-state index in [0.29, 0.717) is 12.2 Å². The minimum absolute atomic E-state index is 0.271. The second kappa shape index (κ2) is 8.29. The van der Waals surface area contributed by atoms with E-state index in [2.05, 4.69) is 27.4 Å². The monoisotopic (exact) mass is 242 g/mol. The summed E-state index contributed by atoms with van der Waals surface area (Å²) in [5.41, 5.74) is 0.477. The van der Waals surface area contributed by atoms with E-state index in [1.54, 1.807) is 6.92 Å². The van der Waals surface area contributed by atoms with Crippen molar-refractivity contribution >= 4 is 5.97 Å². The molecule has 0 aliphatic carbocycles. The lowest BCUT2D eigenvalue weighted by atomic mass is 10.2. The van der Waals surface area contributed by atoms with Gasteiger partial charge in [-0.3, -0.25) is 0 Å². The summed E-state index contributed by atoms with van der Waals surface area (Å²) in [6.45, 7) is 16.7. The van der Waals surface area contributed by atoms with Crippen LogP contribution in [0.1, 0.15) is 40.5 Å². The smallest absolute Gasteiger partial charge is 0.333 e. The van der Waals surface area contributed by atoms with E-state index in [-0.39, 0.29) is 5.97 Å². The molecule has 3 nitrogen and oxygen atoms in total. The Balaban J connectivity index is 4.24. The van der Waals surface area contributed by atoms with E-state index in [4.69, 9.17) is 4.74 Å². The average molecular weight is 242 g/mol. The van der Waals surface area contributed by atoms with Crippen LogP contribution in [-0.2, 0) is 9.53 Å². The van der Waals surface area contributed by atoms with E-state index in [9.17, 15) is 4.79 Å². The lowest BCUT2D eigenvalue weighted by Gasteiger charge is -2.37. The van der Waals surface area contributed by atoms with Crippen molar-refractivity contribution in [2.75, 3.05) is 32.8 Å². The summed E-state index contributed by atoms with van der Waals surface area (Å²) in [6, 6.07) is 0. The maximum Gasteiger partial charge on any atom is 0.333 e. The van der Waals surface area contributed by atoms with Gasteiger partial charge < -0.3 is 9.22 Å². The Morgan fingerprint density at radius 1 is 1.12 bits per heavy atom. The Hall–Kier alpha value is -0.830. The summed E-state index contributed by atoms with van der Waals surface area (Å²) in [4.78, 5) is 11.3. The van der Waals surface area contributed by atoms with Gasteiger partial charge in [0.25, 0.3) is 0 Å². The molecule has 0 aliphatic heterocycles. The van der Waals surface area contributed by atoms with Gasteiger partial charge in [-0.1, -0.05) is 20.4 Å². The van der Waals surface area contributed by atoms with Crippen molar-refractivity contribution in [3.05, 3.63) is 12.2 Å². The molecule has 0 aromatic heterocycles. The number of quaternary nitrogens is 1. The van der Waals surface area contributed by atoms with Gasteiger partial charge in [-0.15, -0.1) is 0 Å². The van der Waals surface area contributed by atoms with Crippen molar-refractivity contribution in [3.8, 4) is 0 Å². The third-order valence-electron chi connectivity index (χ3n) is 3.21. The number of nitrogens with zero attached hydrogens (tertiary/aromatic N) is 1. The zero-order valence-corrected chi connectivity index (χ0v) is 11.9. The van der Waals surface area contributed by atoms with Crippen molar-refractivity contribution in [2.24, 2.45) is 0 Å². The minimum atomic E-state index is -0.271. The number of hydrogen-bond donors (Lipinski definition) is 0. The van der Waals surface area contributed by atoms with Crippen LogP contribution in [-0.4, -0.2) is 43.2 Å². The largest absolute Gasteiger partial charge is 0.456 e. The molecule has 0 rings (SSSR count). The molecule has 0 N–H and O–H groups in total. The Morgan fingerprint density at radius 2 is 1.65 bits per heavy atom. The third kappa shape index (κ3) is 5.87. The summed E-state index contributed by atoms with van der Waals surface area (Å²) >= 11 is 0. The van der Waals surface area contributed by atoms with Gasteiger partial charge in [-0.2, -0.15) is 0 Å². The lowest BCUT2D eigenvalue weighted by molar-refractivity contribution is -0.926. The highest BCUT2D eigenvalue weighted by Gasteiger charge is 2.23. The molecule has 0 aromatic rings. The number of esters is 1. The molecule has 0 aliphatic rings. The number of carbonyl (C=O) groups excluding carboxylic acids is 1. The molecule has 0 unspecified atom stereocenters. The fourth-order valence-electron chi connectivity index (χ4n) is 2.21. The summed E-state index contributed by atoms with van der Waals surface area (Å²) in [6.07, 6.45) is 2.34. The first kappa shape index (κ1) is 16.2. The van der Waals surface area contributed by atoms with Crippen LogP contribution in [0.2, 0.25) is 0 Å². The molecule has 0 fully saturated rings. The van der Waals surface area contributed by atoms with Crippen molar-refractivity contribution in [1.29, 1.82) is 0 Å². The molecule has 0 atom stereocenters. The lowest BCUT2D eigenvalue weighted by Crippen LogP contribution is -2.51. The topological polar surface area (TPSA) is 26.3 Å². The summed E-state index contributed by atoms with van der Waals surface area (Å²) in [5.74, 6) is -0.271. The summed E-state index contributed by atoms with van der Waals surface area (Å²) in [5, 5.41) is 0. The highest BCUT2D eigenvalue weighted by atomic mass is 16.5. The Labute approximate surface area is 106 Å². The zero-order chi connectivity index (χ0) is 13.3. The fraction of sp³-hybridized carbons (Fsp3) is 0.786. The standard InChI is InChI=1S/C14H28NO2/c1-6-9-15(8-3,10-7-2)11-12-17-14(16)13(4)5/h4,6-12H2,1-3,5H3/q+1. The molecule has 100 valence electrons. The van der Waals surface area contributed by atoms with E-state index < -0.39 is 0 Å². The first-order valence-electron chi connectivity index (χ1n) is 6.69. The molecule has 0 saturated carbocycles. The number of ether oxygens (including phenoxy) is 1. The van der Waals surface area contributed by atoms with E-state index in [0.717, 1.165) is 30.7 Å². The van der Waals surface area contributed by atoms with Gasteiger partial charge in [0.2, 0.25) is 0 Å². The molecule has 17 heavy (non-hydrogen) atoms. The number of rotatable bonds is 9. The van der Waals surface area contributed by atoms with Crippen LogP contribution in [0.15, 0.2) is 12.2 Å². The maximum atomic E-state index is 11.3. The molecular formula is C14H28NO2+. The van der Waals surface area contributed by atoms with Crippen molar-refractivity contribution in [3.63, 3.8) is 0 Å². The van der Waals surface area contributed by atoms with Gasteiger partial charge in [0.1, 0.15) is 13.2 Å². The first-order chi connectivity index (χ1) is 8.01. The molecule has 0 spiro atoms. The van der Waals surface area contributed by atoms with Crippen LogP contribution in [0.25, 0.3) is 0 Å². The first-order valence-corrected chi connectivity index (χ1v) is 6.69. The third-order valence-corrected chi connectivity index (χ3v) is 3.21. The summed E-state index contributed by atoms with van der Waals surface area (Å²) < 4.78 is 6.25. The van der Waals surface area contributed by atoms with Crippen LogP contribution >= 0.6 is 0 Å². The quantitative estimate of drug-likeness (QED) is 0.353. The van der Waals surface area contributed by atoms with Crippen molar-refractivity contribution < 1.29 is 14.0 Å². The van der Waals surface area contributed by atoms with Crippen LogP contribution in [0.5, 0.6) is 0 Å². The van der Waals surface area contributed by atoms with E-state index in [1.807, 2.05) is 0 Å². The summed E-state index contributed by atoms with van der Waals surface area (Å²) in [7, 11) is 0. The zero-order valence-electron chi connectivity index (χ0n) is 11.9. The molecule has 0 amide bonds. The number of likely N-dealkylation sites (N-methyl/N-ethyl adjacent to an activating group) is 1. The SMILES string of the molecule is C=C(C)C(=O)OCC[N+](CC)(CCC)CCC. The highest BCUT2D eigenvalue weighted by Crippen LogP contribution is 2.10. The van der Waals surface area contributed by atoms with Gasteiger partial charge in [0.05, 0.1) is 19.6 Å². The van der Waals surface area contributed by atoms with E-state index >= 15 is 0 Å².